The third-order valence-electron chi connectivity index (χ3n) is 4.01. The quantitative estimate of drug-likeness (QED) is 0.790. The summed E-state index contributed by atoms with van der Waals surface area (Å²) < 4.78 is 5.50. The molecule has 0 amide bonds. The molecule has 1 unspecified atom stereocenters. The largest absolute Gasteiger partial charge is 0.496 e. The van der Waals surface area contributed by atoms with E-state index in [-0.39, 0.29) is 0 Å². The molecule has 0 bridgehead atoms. The predicted octanol–water partition coefficient (Wildman–Crippen LogP) is 4.58. The van der Waals surface area contributed by atoms with Crippen LogP contribution in [-0.4, -0.2) is 13.7 Å². The normalized spacial score (nSPS) is 17.0. The van der Waals surface area contributed by atoms with Gasteiger partial charge in [-0.15, -0.1) is 0 Å². The second kappa shape index (κ2) is 7.16. The first-order valence-electron chi connectivity index (χ1n) is 7.31. The van der Waals surface area contributed by atoms with E-state index >= 15 is 0 Å². The number of hydrogen-bond donors (Lipinski definition) is 1. The zero-order chi connectivity index (χ0) is 13.7. The van der Waals surface area contributed by atoms with E-state index < -0.39 is 0 Å². The average molecular weight is 282 g/mol. The number of ether oxygens (including phenoxy) is 1. The maximum atomic E-state index is 6.05. The van der Waals surface area contributed by atoms with E-state index in [1.165, 1.54) is 31.2 Å². The van der Waals surface area contributed by atoms with Crippen LogP contribution in [0.1, 0.15) is 50.6 Å². The van der Waals surface area contributed by atoms with Crippen molar-refractivity contribution in [2.24, 2.45) is 5.92 Å². The van der Waals surface area contributed by atoms with E-state index in [4.69, 9.17) is 16.3 Å². The molecule has 0 aromatic heterocycles. The Kier molecular flexibility index (Phi) is 5.53. The van der Waals surface area contributed by atoms with Crippen LogP contribution in [0.15, 0.2) is 18.2 Å². The van der Waals surface area contributed by atoms with E-state index in [0.29, 0.717) is 6.04 Å². The fourth-order valence-electron chi connectivity index (χ4n) is 2.67. The Bertz CT molecular complexity index is 404. The van der Waals surface area contributed by atoms with E-state index in [2.05, 4.69) is 18.3 Å². The highest BCUT2D eigenvalue weighted by atomic mass is 35.5. The zero-order valence-corrected chi connectivity index (χ0v) is 12.7. The predicted molar refractivity (Wildman–Crippen MR) is 81.0 cm³/mol. The van der Waals surface area contributed by atoms with Gasteiger partial charge in [0.1, 0.15) is 5.75 Å². The first kappa shape index (κ1) is 14.7. The molecular weight excluding hydrogens is 258 g/mol. The lowest BCUT2D eigenvalue weighted by Crippen LogP contribution is -2.27. The van der Waals surface area contributed by atoms with Crippen LogP contribution < -0.4 is 10.1 Å². The minimum absolute atomic E-state index is 0.387. The Hall–Kier alpha value is -0.730. The zero-order valence-electron chi connectivity index (χ0n) is 11.9. The van der Waals surface area contributed by atoms with Gasteiger partial charge in [0, 0.05) is 16.6 Å². The molecule has 1 saturated carbocycles. The highest BCUT2D eigenvalue weighted by Gasteiger charge is 2.24. The topological polar surface area (TPSA) is 21.3 Å². The molecule has 1 aromatic rings. The molecule has 0 heterocycles. The van der Waals surface area contributed by atoms with Crippen LogP contribution in [0.25, 0.3) is 0 Å². The number of hydrogen-bond acceptors (Lipinski definition) is 2. The van der Waals surface area contributed by atoms with E-state index in [0.717, 1.165) is 29.7 Å². The smallest absolute Gasteiger partial charge is 0.125 e. The number of halogens is 1. The van der Waals surface area contributed by atoms with Crippen molar-refractivity contribution in [3.8, 4) is 5.75 Å². The molecule has 1 aliphatic rings. The molecule has 19 heavy (non-hydrogen) atoms. The summed E-state index contributed by atoms with van der Waals surface area (Å²) in [4.78, 5) is 0. The SMILES string of the molecule is CCCNC(CC1CCC1)c1ccc(Cl)cc1OC. The molecule has 0 radical (unpaired) electrons. The van der Waals surface area contributed by atoms with Gasteiger partial charge in [0.2, 0.25) is 0 Å². The lowest BCUT2D eigenvalue weighted by Gasteiger charge is -2.31. The number of methoxy groups -OCH3 is 1. The highest BCUT2D eigenvalue weighted by molar-refractivity contribution is 6.30. The van der Waals surface area contributed by atoms with Gasteiger partial charge in [0.15, 0.2) is 0 Å². The van der Waals surface area contributed by atoms with Crippen molar-refractivity contribution < 1.29 is 4.74 Å². The van der Waals surface area contributed by atoms with Crippen molar-refractivity contribution in [3.05, 3.63) is 28.8 Å². The van der Waals surface area contributed by atoms with Crippen molar-refractivity contribution >= 4 is 11.6 Å². The Morgan fingerprint density at radius 1 is 1.42 bits per heavy atom. The van der Waals surface area contributed by atoms with Gasteiger partial charge in [-0.3, -0.25) is 0 Å². The molecule has 1 aliphatic carbocycles. The van der Waals surface area contributed by atoms with Crippen molar-refractivity contribution in [2.75, 3.05) is 13.7 Å². The van der Waals surface area contributed by atoms with Crippen LogP contribution >= 0.6 is 11.6 Å². The summed E-state index contributed by atoms with van der Waals surface area (Å²) in [5.41, 5.74) is 1.24. The molecule has 0 spiro atoms. The minimum atomic E-state index is 0.387. The van der Waals surface area contributed by atoms with E-state index in [1.807, 2.05) is 12.1 Å². The van der Waals surface area contributed by atoms with Crippen LogP contribution in [0.5, 0.6) is 5.75 Å². The summed E-state index contributed by atoms with van der Waals surface area (Å²) in [6, 6.07) is 6.36. The standard InChI is InChI=1S/C16H24ClNO/c1-3-9-18-15(10-12-5-4-6-12)14-8-7-13(17)11-16(14)19-2/h7-8,11-12,15,18H,3-6,9-10H2,1-2H3. The molecule has 2 rings (SSSR count). The monoisotopic (exact) mass is 281 g/mol. The molecule has 1 atom stereocenters. The molecular formula is C16H24ClNO. The highest BCUT2D eigenvalue weighted by Crippen LogP contribution is 2.38. The number of rotatable bonds is 7. The summed E-state index contributed by atoms with van der Waals surface area (Å²) in [5.74, 6) is 1.77. The first-order valence-corrected chi connectivity index (χ1v) is 7.69. The van der Waals surface area contributed by atoms with Crippen LogP contribution in [0.4, 0.5) is 0 Å². The van der Waals surface area contributed by atoms with Crippen LogP contribution in [0.3, 0.4) is 0 Å². The van der Waals surface area contributed by atoms with Gasteiger partial charge in [0.05, 0.1) is 7.11 Å². The fraction of sp³-hybridized carbons (Fsp3) is 0.625. The van der Waals surface area contributed by atoms with Crippen molar-refractivity contribution in [1.82, 2.24) is 5.32 Å². The third-order valence-corrected chi connectivity index (χ3v) is 4.24. The molecule has 1 N–H and O–H groups in total. The van der Waals surface area contributed by atoms with Gasteiger partial charge in [0.25, 0.3) is 0 Å². The van der Waals surface area contributed by atoms with Gasteiger partial charge in [-0.05, 0) is 37.4 Å². The minimum Gasteiger partial charge on any atom is -0.496 e. The van der Waals surface area contributed by atoms with Crippen molar-refractivity contribution in [2.45, 2.75) is 45.1 Å². The Morgan fingerprint density at radius 3 is 2.79 bits per heavy atom. The summed E-state index contributed by atoms with van der Waals surface area (Å²) in [6.07, 6.45) is 6.50. The van der Waals surface area contributed by atoms with Gasteiger partial charge < -0.3 is 10.1 Å². The van der Waals surface area contributed by atoms with Crippen LogP contribution in [0.2, 0.25) is 5.02 Å². The number of benzene rings is 1. The van der Waals surface area contributed by atoms with Gasteiger partial charge in [-0.1, -0.05) is 43.9 Å². The summed E-state index contributed by atoms with van der Waals surface area (Å²) in [7, 11) is 1.72. The molecule has 2 nitrogen and oxygen atoms in total. The van der Waals surface area contributed by atoms with E-state index in [1.54, 1.807) is 7.11 Å². The number of nitrogens with one attached hydrogen (secondary N) is 1. The summed E-state index contributed by atoms with van der Waals surface area (Å²) >= 11 is 6.05. The van der Waals surface area contributed by atoms with E-state index in [9.17, 15) is 0 Å². The maximum absolute atomic E-state index is 6.05. The molecule has 1 aromatic carbocycles. The summed E-state index contributed by atoms with van der Waals surface area (Å²) in [5, 5.41) is 4.39. The fourth-order valence-corrected chi connectivity index (χ4v) is 2.84. The Balaban J connectivity index is 2.14. The molecule has 0 aliphatic heterocycles. The Labute approximate surface area is 121 Å². The van der Waals surface area contributed by atoms with Crippen molar-refractivity contribution in [1.29, 1.82) is 0 Å². The van der Waals surface area contributed by atoms with Crippen molar-refractivity contribution in [3.63, 3.8) is 0 Å². The third kappa shape index (κ3) is 3.87. The molecule has 1 fully saturated rings. The van der Waals surface area contributed by atoms with Gasteiger partial charge in [-0.25, -0.2) is 0 Å². The average Bonchev–Trinajstić information content (AvgIpc) is 2.37. The lowest BCUT2D eigenvalue weighted by molar-refractivity contribution is 0.258. The lowest BCUT2D eigenvalue weighted by atomic mass is 9.79. The Morgan fingerprint density at radius 2 is 2.21 bits per heavy atom. The summed E-state index contributed by atoms with van der Waals surface area (Å²) in [6.45, 7) is 3.25. The maximum Gasteiger partial charge on any atom is 0.125 e. The second-order valence-electron chi connectivity index (χ2n) is 5.43. The van der Waals surface area contributed by atoms with Gasteiger partial charge >= 0.3 is 0 Å². The molecule has 106 valence electrons. The molecule has 0 saturated heterocycles. The van der Waals surface area contributed by atoms with Crippen LogP contribution in [0, 0.1) is 5.92 Å². The second-order valence-corrected chi connectivity index (χ2v) is 5.86. The van der Waals surface area contributed by atoms with Crippen LogP contribution in [-0.2, 0) is 0 Å². The molecule has 3 heteroatoms. The first-order chi connectivity index (χ1) is 9.24. The van der Waals surface area contributed by atoms with Gasteiger partial charge in [-0.2, -0.15) is 0 Å².